The van der Waals surface area contributed by atoms with E-state index in [1.165, 1.54) is 18.2 Å². The lowest BCUT2D eigenvalue weighted by atomic mass is 10.1. The molecule has 2 heterocycles. The van der Waals surface area contributed by atoms with Crippen LogP contribution in [0.2, 0.25) is 0 Å². The molecular weight excluding hydrogens is 336 g/mol. The van der Waals surface area contributed by atoms with Gasteiger partial charge in [0, 0.05) is 49.6 Å². The summed E-state index contributed by atoms with van der Waals surface area (Å²) in [5.41, 5.74) is 1.20. The monoisotopic (exact) mass is 356 g/mol. The summed E-state index contributed by atoms with van der Waals surface area (Å²) >= 11 is 0. The van der Waals surface area contributed by atoms with Gasteiger partial charge in [0.15, 0.2) is 0 Å². The van der Waals surface area contributed by atoms with Crippen molar-refractivity contribution < 1.29 is 14.5 Å². The number of nitriles is 1. The first-order chi connectivity index (χ1) is 12.6. The molecule has 0 aliphatic carbocycles. The third kappa shape index (κ3) is 3.83. The maximum atomic E-state index is 12.6. The Morgan fingerprint density at radius 1 is 1.23 bits per heavy atom. The number of hydrogen-bond donors (Lipinski definition) is 0. The molecule has 2 aliphatic heterocycles. The van der Waals surface area contributed by atoms with Gasteiger partial charge in [-0.15, -0.1) is 0 Å². The standard InChI is InChI=1S/C18H20N4O4/c19-13-15(18(23)21-5-1-2-6-21)11-14-12-16(22(24)25)3-4-17(14)20-7-9-26-10-8-20/h3-4,11-12H,1-2,5-10H2/b15-11+. The normalized spacial score (nSPS) is 17.9. The van der Waals surface area contributed by atoms with Crippen molar-refractivity contribution in [2.24, 2.45) is 0 Å². The molecule has 2 aliphatic rings. The van der Waals surface area contributed by atoms with E-state index in [4.69, 9.17) is 4.74 Å². The van der Waals surface area contributed by atoms with Crippen molar-refractivity contribution in [2.75, 3.05) is 44.3 Å². The van der Waals surface area contributed by atoms with E-state index in [1.807, 2.05) is 11.0 Å². The Bertz CT molecular complexity index is 772. The molecule has 1 aromatic rings. The number of morpholine rings is 1. The predicted octanol–water partition coefficient (Wildman–Crippen LogP) is 1.96. The van der Waals surface area contributed by atoms with Crippen LogP contribution in [0.5, 0.6) is 0 Å². The van der Waals surface area contributed by atoms with Gasteiger partial charge in [0.1, 0.15) is 11.6 Å². The number of rotatable bonds is 4. The van der Waals surface area contributed by atoms with E-state index in [2.05, 4.69) is 0 Å². The Hall–Kier alpha value is -2.92. The van der Waals surface area contributed by atoms with Gasteiger partial charge in [-0.1, -0.05) is 0 Å². The van der Waals surface area contributed by atoms with Crippen LogP contribution >= 0.6 is 0 Å². The molecule has 26 heavy (non-hydrogen) atoms. The number of carbonyl (C=O) groups is 1. The second kappa shape index (κ2) is 7.97. The van der Waals surface area contributed by atoms with Crippen LogP contribution in [0.1, 0.15) is 18.4 Å². The van der Waals surface area contributed by atoms with Crippen molar-refractivity contribution >= 4 is 23.4 Å². The predicted molar refractivity (Wildman–Crippen MR) is 95.5 cm³/mol. The average Bonchev–Trinajstić information content (AvgIpc) is 3.21. The van der Waals surface area contributed by atoms with Gasteiger partial charge in [0.25, 0.3) is 11.6 Å². The molecule has 0 unspecified atom stereocenters. The highest BCUT2D eigenvalue weighted by molar-refractivity contribution is 6.02. The number of amides is 1. The second-order valence-electron chi connectivity index (χ2n) is 6.27. The summed E-state index contributed by atoms with van der Waals surface area (Å²) in [5.74, 6) is -0.315. The number of nitro groups is 1. The van der Waals surface area contributed by atoms with Gasteiger partial charge >= 0.3 is 0 Å². The zero-order chi connectivity index (χ0) is 18.5. The average molecular weight is 356 g/mol. The number of nitrogens with zero attached hydrogens (tertiary/aromatic N) is 4. The van der Waals surface area contributed by atoms with Crippen molar-refractivity contribution in [3.05, 3.63) is 39.4 Å². The summed E-state index contributed by atoms with van der Waals surface area (Å²) in [4.78, 5) is 26.9. The zero-order valence-electron chi connectivity index (χ0n) is 14.4. The fourth-order valence-electron chi connectivity index (χ4n) is 3.25. The number of ether oxygens (including phenoxy) is 1. The fraction of sp³-hybridized carbons (Fsp3) is 0.444. The highest BCUT2D eigenvalue weighted by atomic mass is 16.6. The molecule has 0 saturated carbocycles. The SMILES string of the molecule is N#C/C(=C\c1cc([N+](=O)[O-])ccc1N1CCOCC1)C(=O)N1CCCC1. The van der Waals surface area contributed by atoms with E-state index < -0.39 is 4.92 Å². The number of likely N-dealkylation sites (tertiary alicyclic amines) is 1. The van der Waals surface area contributed by atoms with Crippen molar-refractivity contribution in [1.29, 1.82) is 5.26 Å². The Labute approximate surface area is 151 Å². The Kier molecular flexibility index (Phi) is 5.49. The van der Waals surface area contributed by atoms with Crippen molar-refractivity contribution in [1.82, 2.24) is 4.90 Å². The molecule has 0 N–H and O–H groups in total. The molecule has 2 saturated heterocycles. The molecule has 2 fully saturated rings. The number of anilines is 1. The van der Waals surface area contributed by atoms with Crippen LogP contribution in [-0.4, -0.2) is 55.1 Å². The Morgan fingerprint density at radius 2 is 1.92 bits per heavy atom. The minimum absolute atomic E-state index is 0.00177. The molecular formula is C18H20N4O4. The highest BCUT2D eigenvalue weighted by Crippen LogP contribution is 2.29. The second-order valence-corrected chi connectivity index (χ2v) is 6.27. The van der Waals surface area contributed by atoms with Gasteiger partial charge in [-0.25, -0.2) is 0 Å². The molecule has 0 spiro atoms. The first-order valence-electron chi connectivity index (χ1n) is 8.62. The van der Waals surface area contributed by atoms with E-state index in [9.17, 15) is 20.2 Å². The Morgan fingerprint density at radius 3 is 2.54 bits per heavy atom. The van der Waals surface area contributed by atoms with E-state index in [0.717, 1.165) is 18.5 Å². The summed E-state index contributed by atoms with van der Waals surface area (Å²) in [5, 5.41) is 20.6. The molecule has 0 radical (unpaired) electrons. The summed E-state index contributed by atoms with van der Waals surface area (Å²) in [7, 11) is 0. The lowest BCUT2D eigenvalue weighted by Gasteiger charge is -2.30. The molecule has 0 aromatic heterocycles. The van der Waals surface area contributed by atoms with Crippen LogP contribution in [0.25, 0.3) is 6.08 Å². The van der Waals surface area contributed by atoms with Gasteiger partial charge in [0.05, 0.1) is 18.1 Å². The number of hydrogen-bond acceptors (Lipinski definition) is 6. The van der Waals surface area contributed by atoms with Gasteiger partial charge < -0.3 is 14.5 Å². The van der Waals surface area contributed by atoms with Crippen LogP contribution in [-0.2, 0) is 9.53 Å². The van der Waals surface area contributed by atoms with Crippen molar-refractivity contribution in [3.8, 4) is 6.07 Å². The van der Waals surface area contributed by atoms with Crippen molar-refractivity contribution in [2.45, 2.75) is 12.8 Å². The van der Waals surface area contributed by atoms with Gasteiger partial charge in [-0.05, 0) is 25.0 Å². The maximum absolute atomic E-state index is 12.6. The first kappa shape index (κ1) is 17.9. The minimum Gasteiger partial charge on any atom is -0.378 e. The van der Waals surface area contributed by atoms with E-state index in [1.54, 1.807) is 11.0 Å². The number of benzene rings is 1. The molecule has 8 nitrogen and oxygen atoms in total. The molecule has 1 aromatic carbocycles. The number of carbonyl (C=O) groups excluding carboxylic acids is 1. The third-order valence-corrected chi connectivity index (χ3v) is 4.62. The summed E-state index contributed by atoms with van der Waals surface area (Å²) < 4.78 is 5.35. The topological polar surface area (TPSA) is 99.7 Å². The van der Waals surface area contributed by atoms with Crippen LogP contribution in [0, 0.1) is 21.4 Å². The van der Waals surface area contributed by atoms with Gasteiger partial charge in [0.2, 0.25) is 0 Å². The molecule has 0 bridgehead atoms. The van der Waals surface area contributed by atoms with Gasteiger partial charge in [-0.3, -0.25) is 14.9 Å². The molecule has 1 amide bonds. The van der Waals surface area contributed by atoms with Crippen LogP contribution in [0.15, 0.2) is 23.8 Å². The van der Waals surface area contributed by atoms with Crippen LogP contribution < -0.4 is 4.90 Å². The summed E-state index contributed by atoms with van der Waals surface area (Å²) in [6, 6.07) is 6.49. The lowest BCUT2D eigenvalue weighted by Crippen LogP contribution is -2.36. The maximum Gasteiger partial charge on any atom is 0.270 e. The molecule has 8 heteroatoms. The molecule has 136 valence electrons. The quantitative estimate of drug-likeness (QED) is 0.354. The minimum atomic E-state index is -0.477. The van der Waals surface area contributed by atoms with E-state index in [-0.39, 0.29) is 17.2 Å². The van der Waals surface area contributed by atoms with Crippen molar-refractivity contribution in [3.63, 3.8) is 0 Å². The smallest absolute Gasteiger partial charge is 0.270 e. The lowest BCUT2D eigenvalue weighted by molar-refractivity contribution is -0.384. The van der Waals surface area contributed by atoms with E-state index >= 15 is 0 Å². The molecule has 0 atom stereocenters. The summed E-state index contributed by atoms with van der Waals surface area (Å²) in [6.45, 7) is 3.73. The first-order valence-corrected chi connectivity index (χ1v) is 8.62. The molecule has 3 rings (SSSR count). The zero-order valence-corrected chi connectivity index (χ0v) is 14.4. The van der Waals surface area contributed by atoms with E-state index in [0.29, 0.717) is 45.0 Å². The number of nitro benzene ring substituents is 1. The van der Waals surface area contributed by atoms with Crippen LogP contribution in [0.3, 0.4) is 0 Å². The fourth-order valence-corrected chi connectivity index (χ4v) is 3.25. The Balaban J connectivity index is 1.99. The highest BCUT2D eigenvalue weighted by Gasteiger charge is 2.23. The van der Waals surface area contributed by atoms with Crippen LogP contribution in [0.4, 0.5) is 11.4 Å². The number of non-ortho nitro benzene ring substituents is 1. The van der Waals surface area contributed by atoms with Gasteiger partial charge in [-0.2, -0.15) is 5.26 Å². The largest absolute Gasteiger partial charge is 0.378 e. The summed E-state index contributed by atoms with van der Waals surface area (Å²) in [6.07, 6.45) is 3.33. The third-order valence-electron chi connectivity index (χ3n) is 4.62.